The molecular weight excluding hydrogens is 536 g/mol. The maximum atomic E-state index is 12.1. The van der Waals surface area contributed by atoms with Crippen molar-refractivity contribution in [2.75, 3.05) is 13.2 Å². The van der Waals surface area contributed by atoms with Gasteiger partial charge in [-0.3, -0.25) is 9.59 Å². The zero-order valence-electron chi connectivity index (χ0n) is 28.0. The lowest BCUT2D eigenvalue weighted by Gasteiger charge is -2.15. The molecule has 1 unspecified atom stereocenters. The fourth-order valence-corrected chi connectivity index (χ4v) is 4.62. The van der Waals surface area contributed by atoms with Gasteiger partial charge < -0.3 is 14.6 Å². The molecule has 0 fully saturated rings. The van der Waals surface area contributed by atoms with Gasteiger partial charge in [0.2, 0.25) is 0 Å². The average molecular weight is 603 g/mol. The summed E-state index contributed by atoms with van der Waals surface area (Å²) in [5, 5.41) is 9.50. The predicted octanol–water partition coefficient (Wildman–Crippen LogP) is 10.7. The topological polar surface area (TPSA) is 72.8 Å². The fraction of sp³-hybridized carbons (Fsp3) is 0.737. The third-order valence-electron chi connectivity index (χ3n) is 7.33. The number of aliphatic hydroxyl groups excluding tert-OH is 1. The minimum Gasteiger partial charge on any atom is -0.462 e. The summed E-state index contributed by atoms with van der Waals surface area (Å²) >= 11 is 0. The van der Waals surface area contributed by atoms with Crippen LogP contribution < -0.4 is 0 Å². The molecule has 248 valence electrons. The van der Waals surface area contributed by atoms with Crippen molar-refractivity contribution in [3.05, 3.63) is 48.6 Å². The second-order valence-corrected chi connectivity index (χ2v) is 11.6. The molecule has 0 spiro atoms. The smallest absolute Gasteiger partial charge is 0.306 e. The van der Waals surface area contributed by atoms with Gasteiger partial charge in [0.05, 0.1) is 6.61 Å². The first-order valence-electron chi connectivity index (χ1n) is 17.7. The minimum atomic E-state index is -0.780. The number of ether oxygens (including phenoxy) is 2. The molecule has 0 heterocycles. The van der Waals surface area contributed by atoms with Gasteiger partial charge in [0.25, 0.3) is 0 Å². The van der Waals surface area contributed by atoms with Crippen LogP contribution in [0.2, 0.25) is 0 Å². The number of carbonyl (C=O) groups is 2. The number of aliphatic hydroxyl groups is 1. The molecule has 0 aromatic rings. The number of esters is 2. The lowest BCUT2D eigenvalue weighted by atomic mass is 10.1. The molecule has 0 radical (unpaired) electrons. The summed E-state index contributed by atoms with van der Waals surface area (Å²) in [6, 6.07) is 0. The van der Waals surface area contributed by atoms with Crippen molar-refractivity contribution < 1.29 is 24.2 Å². The molecule has 0 bridgehead atoms. The van der Waals surface area contributed by atoms with E-state index in [0.29, 0.717) is 12.8 Å². The Hall–Kier alpha value is -2.14. The van der Waals surface area contributed by atoms with Gasteiger partial charge in [-0.25, -0.2) is 0 Å². The van der Waals surface area contributed by atoms with E-state index >= 15 is 0 Å². The van der Waals surface area contributed by atoms with Gasteiger partial charge in [-0.1, -0.05) is 127 Å². The SMILES string of the molecule is CCC/C=C\CCCCCCCC(=O)OCC(CO)OC(=O)CCCCCCCC/C=C\C/C=C\C/C=C\CCCCC. The molecule has 0 aliphatic heterocycles. The van der Waals surface area contributed by atoms with E-state index < -0.39 is 6.10 Å². The molecule has 0 rings (SSSR count). The highest BCUT2D eigenvalue weighted by molar-refractivity contribution is 5.70. The number of hydrogen-bond donors (Lipinski definition) is 1. The van der Waals surface area contributed by atoms with Crippen LogP contribution in [0, 0.1) is 0 Å². The van der Waals surface area contributed by atoms with Crippen LogP contribution in [0.15, 0.2) is 48.6 Å². The van der Waals surface area contributed by atoms with Crippen LogP contribution in [0.1, 0.15) is 162 Å². The van der Waals surface area contributed by atoms with E-state index in [1.165, 1.54) is 64.2 Å². The molecule has 0 aliphatic rings. The van der Waals surface area contributed by atoms with Crippen molar-refractivity contribution in [3.8, 4) is 0 Å². The van der Waals surface area contributed by atoms with Gasteiger partial charge in [-0.05, 0) is 70.6 Å². The van der Waals surface area contributed by atoms with Crippen molar-refractivity contribution >= 4 is 11.9 Å². The summed E-state index contributed by atoms with van der Waals surface area (Å²) in [6.07, 6.45) is 41.6. The minimum absolute atomic E-state index is 0.0769. The molecule has 0 saturated carbocycles. The number of rotatable bonds is 31. The van der Waals surface area contributed by atoms with Crippen molar-refractivity contribution in [2.24, 2.45) is 0 Å². The van der Waals surface area contributed by atoms with Crippen molar-refractivity contribution in [1.82, 2.24) is 0 Å². The molecule has 5 nitrogen and oxygen atoms in total. The van der Waals surface area contributed by atoms with Gasteiger partial charge in [-0.2, -0.15) is 0 Å². The Morgan fingerprint density at radius 2 is 0.977 bits per heavy atom. The van der Waals surface area contributed by atoms with Crippen LogP contribution >= 0.6 is 0 Å². The van der Waals surface area contributed by atoms with Crippen LogP contribution in [-0.2, 0) is 19.1 Å². The largest absolute Gasteiger partial charge is 0.462 e. The summed E-state index contributed by atoms with van der Waals surface area (Å²) in [5.41, 5.74) is 0. The van der Waals surface area contributed by atoms with Gasteiger partial charge >= 0.3 is 11.9 Å². The first-order valence-corrected chi connectivity index (χ1v) is 17.7. The lowest BCUT2D eigenvalue weighted by Crippen LogP contribution is -2.28. The normalized spacial score (nSPS) is 12.7. The molecule has 0 amide bonds. The fourth-order valence-electron chi connectivity index (χ4n) is 4.62. The summed E-state index contributed by atoms with van der Waals surface area (Å²) in [6.45, 7) is 4.01. The Balaban J connectivity index is 3.62. The third kappa shape index (κ3) is 32.6. The molecule has 5 heteroatoms. The van der Waals surface area contributed by atoms with Crippen LogP contribution in [0.5, 0.6) is 0 Å². The zero-order chi connectivity index (χ0) is 31.5. The zero-order valence-corrected chi connectivity index (χ0v) is 28.0. The van der Waals surface area contributed by atoms with Crippen LogP contribution in [-0.4, -0.2) is 36.4 Å². The molecule has 0 aromatic carbocycles. The molecule has 0 saturated heterocycles. The molecular formula is C38H66O5. The molecule has 43 heavy (non-hydrogen) atoms. The maximum absolute atomic E-state index is 12.1. The van der Waals surface area contributed by atoms with Gasteiger partial charge in [-0.15, -0.1) is 0 Å². The summed E-state index contributed by atoms with van der Waals surface area (Å²) in [5.74, 6) is -0.623. The number of allylic oxidation sites excluding steroid dienone is 8. The lowest BCUT2D eigenvalue weighted by molar-refractivity contribution is -0.161. The predicted molar refractivity (Wildman–Crippen MR) is 182 cm³/mol. The van der Waals surface area contributed by atoms with E-state index in [1.54, 1.807) is 0 Å². The Bertz CT molecular complexity index is 737. The molecule has 0 aliphatic carbocycles. The first-order chi connectivity index (χ1) is 21.1. The second-order valence-electron chi connectivity index (χ2n) is 11.6. The summed E-state index contributed by atoms with van der Waals surface area (Å²) < 4.78 is 10.5. The number of unbranched alkanes of at least 4 members (excludes halogenated alkanes) is 15. The van der Waals surface area contributed by atoms with Gasteiger partial charge in [0, 0.05) is 12.8 Å². The van der Waals surface area contributed by atoms with Crippen molar-refractivity contribution in [1.29, 1.82) is 0 Å². The average Bonchev–Trinajstić information content (AvgIpc) is 3.01. The first kappa shape index (κ1) is 40.9. The Morgan fingerprint density at radius 3 is 1.51 bits per heavy atom. The van der Waals surface area contributed by atoms with Crippen molar-refractivity contribution in [2.45, 2.75) is 168 Å². The van der Waals surface area contributed by atoms with Crippen LogP contribution in [0.4, 0.5) is 0 Å². The molecule has 0 aromatic heterocycles. The monoisotopic (exact) mass is 602 g/mol. The molecule has 1 N–H and O–H groups in total. The van der Waals surface area contributed by atoms with E-state index in [9.17, 15) is 14.7 Å². The highest BCUT2D eigenvalue weighted by Crippen LogP contribution is 2.11. The second kappa shape index (κ2) is 34.4. The van der Waals surface area contributed by atoms with Crippen LogP contribution in [0.3, 0.4) is 0 Å². The third-order valence-corrected chi connectivity index (χ3v) is 7.33. The summed E-state index contributed by atoms with van der Waals surface area (Å²) in [4.78, 5) is 24.1. The van der Waals surface area contributed by atoms with Crippen molar-refractivity contribution in [3.63, 3.8) is 0 Å². The maximum Gasteiger partial charge on any atom is 0.306 e. The van der Waals surface area contributed by atoms with E-state index in [4.69, 9.17) is 9.47 Å². The van der Waals surface area contributed by atoms with E-state index in [-0.39, 0.29) is 25.2 Å². The quantitative estimate of drug-likeness (QED) is 0.0485. The van der Waals surface area contributed by atoms with Crippen LogP contribution in [0.25, 0.3) is 0 Å². The molecule has 1 atom stereocenters. The Morgan fingerprint density at radius 1 is 0.535 bits per heavy atom. The van der Waals surface area contributed by atoms with E-state index in [0.717, 1.165) is 70.6 Å². The number of carbonyl (C=O) groups excluding carboxylic acids is 2. The summed E-state index contributed by atoms with van der Waals surface area (Å²) in [7, 11) is 0. The number of hydrogen-bond acceptors (Lipinski definition) is 5. The van der Waals surface area contributed by atoms with E-state index in [1.807, 2.05) is 0 Å². The van der Waals surface area contributed by atoms with Gasteiger partial charge in [0.1, 0.15) is 6.61 Å². The van der Waals surface area contributed by atoms with E-state index in [2.05, 4.69) is 62.5 Å². The highest BCUT2D eigenvalue weighted by Gasteiger charge is 2.16. The standard InChI is InChI=1S/C38H66O5/c1-3-5-7-9-11-13-15-16-17-18-19-20-21-22-23-25-27-29-31-33-38(41)43-36(34-39)35-42-37(40)32-30-28-26-24-14-12-10-8-6-4-2/h8,10-11,13,16-17,19-20,36,39H,3-7,9,12,14-15,18,21-35H2,1-2H3/b10-8-,13-11-,17-16-,20-19-. The Labute approximate surface area is 265 Å². The van der Waals surface area contributed by atoms with Gasteiger partial charge in [0.15, 0.2) is 6.10 Å². The Kier molecular flexibility index (Phi) is 32.6. The highest BCUT2D eigenvalue weighted by atomic mass is 16.6.